The minimum Gasteiger partial charge on any atom is -0.388 e. The fraction of sp³-hybridized carbons (Fsp3) is 0.650. The summed E-state index contributed by atoms with van der Waals surface area (Å²) in [6.07, 6.45) is 8.00. The van der Waals surface area contributed by atoms with E-state index in [0.717, 1.165) is 42.3 Å². The number of piperidine rings is 1. The molecule has 0 bridgehead atoms. The molecule has 0 unspecified atom stereocenters. The van der Waals surface area contributed by atoms with Gasteiger partial charge in [-0.1, -0.05) is 38.3 Å². The van der Waals surface area contributed by atoms with Gasteiger partial charge in [0.25, 0.3) is 0 Å². The summed E-state index contributed by atoms with van der Waals surface area (Å²) in [6, 6.07) is 8.17. The van der Waals surface area contributed by atoms with Gasteiger partial charge in [-0.15, -0.1) is 0 Å². The van der Waals surface area contributed by atoms with Crippen molar-refractivity contribution >= 4 is 11.0 Å². The van der Waals surface area contributed by atoms with Crippen molar-refractivity contribution in [2.45, 2.75) is 58.6 Å². The van der Waals surface area contributed by atoms with Crippen molar-refractivity contribution in [1.29, 1.82) is 0 Å². The number of para-hydroxylation sites is 2. The van der Waals surface area contributed by atoms with E-state index in [1.807, 2.05) is 18.2 Å². The third-order valence-electron chi connectivity index (χ3n) is 5.40. The molecule has 1 saturated heterocycles. The van der Waals surface area contributed by atoms with Crippen molar-refractivity contribution in [3.63, 3.8) is 0 Å². The van der Waals surface area contributed by atoms with Gasteiger partial charge in [-0.05, 0) is 56.9 Å². The van der Waals surface area contributed by atoms with E-state index >= 15 is 0 Å². The summed E-state index contributed by atoms with van der Waals surface area (Å²) in [5, 5.41) is 9.57. The van der Waals surface area contributed by atoms with Crippen LogP contribution in [0.15, 0.2) is 24.3 Å². The maximum absolute atomic E-state index is 9.57. The molecule has 132 valence electrons. The van der Waals surface area contributed by atoms with Crippen LogP contribution in [0.25, 0.3) is 11.0 Å². The Morgan fingerprint density at radius 2 is 1.92 bits per heavy atom. The van der Waals surface area contributed by atoms with Crippen molar-refractivity contribution in [3.8, 4) is 0 Å². The number of aryl methyl sites for hydroxylation is 1. The summed E-state index contributed by atoms with van der Waals surface area (Å²) in [5.74, 6) is 1.74. The Bertz CT molecular complexity index is 629. The molecular weight excluding hydrogens is 298 g/mol. The average Bonchev–Trinajstić information content (AvgIpc) is 2.99. The highest BCUT2D eigenvalue weighted by Crippen LogP contribution is 2.23. The van der Waals surface area contributed by atoms with Gasteiger partial charge in [-0.2, -0.15) is 0 Å². The van der Waals surface area contributed by atoms with Crippen LogP contribution in [0.4, 0.5) is 0 Å². The van der Waals surface area contributed by atoms with Crippen LogP contribution in [0.2, 0.25) is 0 Å². The Morgan fingerprint density at radius 1 is 1.12 bits per heavy atom. The average molecular weight is 329 g/mol. The van der Waals surface area contributed by atoms with E-state index in [9.17, 15) is 5.11 Å². The zero-order valence-electron chi connectivity index (χ0n) is 15.0. The smallest absolute Gasteiger partial charge is 0.135 e. The maximum atomic E-state index is 9.57. The number of fused-ring (bicyclic) bond motifs is 1. The molecule has 0 radical (unpaired) electrons. The highest BCUT2D eigenvalue weighted by molar-refractivity contribution is 5.75. The van der Waals surface area contributed by atoms with E-state index in [0.29, 0.717) is 0 Å². The number of aliphatic hydroxyl groups excluding tert-OH is 1. The SMILES string of the molecule is CCCCC1CCN(CCCn2c(CO)nc3ccccc32)CC1. The predicted molar refractivity (Wildman–Crippen MR) is 99.0 cm³/mol. The largest absolute Gasteiger partial charge is 0.388 e. The molecular formula is C20H31N3O. The van der Waals surface area contributed by atoms with Gasteiger partial charge in [-0.3, -0.25) is 0 Å². The van der Waals surface area contributed by atoms with Crippen molar-refractivity contribution in [1.82, 2.24) is 14.5 Å². The van der Waals surface area contributed by atoms with Gasteiger partial charge >= 0.3 is 0 Å². The van der Waals surface area contributed by atoms with Gasteiger partial charge in [-0.25, -0.2) is 4.98 Å². The van der Waals surface area contributed by atoms with Gasteiger partial charge in [0.15, 0.2) is 0 Å². The van der Waals surface area contributed by atoms with Crippen LogP contribution in [0, 0.1) is 5.92 Å². The molecule has 1 aromatic carbocycles. The molecule has 3 rings (SSSR count). The lowest BCUT2D eigenvalue weighted by atomic mass is 9.91. The van der Waals surface area contributed by atoms with Crippen LogP contribution in [0.1, 0.15) is 51.3 Å². The number of imidazole rings is 1. The lowest BCUT2D eigenvalue weighted by Crippen LogP contribution is -2.34. The van der Waals surface area contributed by atoms with Gasteiger partial charge in [0, 0.05) is 6.54 Å². The lowest BCUT2D eigenvalue weighted by molar-refractivity contribution is 0.173. The molecule has 0 aliphatic carbocycles. The number of aliphatic hydroxyl groups is 1. The second kappa shape index (κ2) is 8.63. The molecule has 4 nitrogen and oxygen atoms in total. The quantitative estimate of drug-likeness (QED) is 0.800. The zero-order valence-corrected chi connectivity index (χ0v) is 15.0. The van der Waals surface area contributed by atoms with E-state index in [1.165, 1.54) is 45.2 Å². The predicted octanol–water partition coefficient (Wildman–Crippen LogP) is 3.82. The Labute approximate surface area is 145 Å². The van der Waals surface area contributed by atoms with Crippen LogP contribution in [-0.4, -0.2) is 39.2 Å². The molecule has 1 aliphatic heterocycles. The number of unbranched alkanes of at least 4 members (excludes halogenated alkanes) is 1. The van der Waals surface area contributed by atoms with E-state index in [2.05, 4.69) is 27.4 Å². The van der Waals surface area contributed by atoms with E-state index < -0.39 is 0 Å². The lowest BCUT2D eigenvalue weighted by Gasteiger charge is -2.32. The van der Waals surface area contributed by atoms with Gasteiger partial charge in [0.2, 0.25) is 0 Å². The highest BCUT2D eigenvalue weighted by Gasteiger charge is 2.18. The summed E-state index contributed by atoms with van der Waals surface area (Å²) in [6.45, 7) is 6.90. The summed E-state index contributed by atoms with van der Waals surface area (Å²) in [4.78, 5) is 7.15. The van der Waals surface area contributed by atoms with Gasteiger partial charge in [0.05, 0.1) is 11.0 Å². The van der Waals surface area contributed by atoms with Crippen molar-refractivity contribution in [2.75, 3.05) is 19.6 Å². The Balaban J connectivity index is 1.49. The van der Waals surface area contributed by atoms with Crippen molar-refractivity contribution in [2.24, 2.45) is 5.92 Å². The number of rotatable bonds is 8. The molecule has 2 heterocycles. The van der Waals surface area contributed by atoms with E-state index in [1.54, 1.807) is 0 Å². The third-order valence-corrected chi connectivity index (χ3v) is 5.40. The summed E-state index contributed by atoms with van der Waals surface area (Å²) in [5.41, 5.74) is 2.12. The summed E-state index contributed by atoms with van der Waals surface area (Å²) < 4.78 is 2.18. The Hall–Kier alpha value is -1.39. The molecule has 1 N–H and O–H groups in total. The molecule has 1 aliphatic rings. The van der Waals surface area contributed by atoms with E-state index in [4.69, 9.17) is 0 Å². The first-order chi connectivity index (χ1) is 11.8. The van der Waals surface area contributed by atoms with Crippen LogP contribution >= 0.6 is 0 Å². The number of hydrogen-bond donors (Lipinski definition) is 1. The number of likely N-dealkylation sites (tertiary alicyclic amines) is 1. The second-order valence-corrected chi connectivity index (χ2v) is 7.11. The molecule has 1 fully saturated rings. The first-order valence-electron chi connectivity index (χ1n) is 9.59. The minimum atomic E-state index is 0.0114. The van der Waals surface area contributed by atoms with Crippen molar-refractivity contribution in [3.05, 3.63) is 30.1 Å². The molecule has 0 atom stereocenters. The van der Waals surface area contributed by atoms with Crippen LogP contribution < -0.4 is 0 Å². The topological polar surface area (TPSA) is 41.3 Å². The number of nitrogens with zero attached hydrogens (tertiary/aromatic N) is 3. The third kappa shape index (κ3) is 4.17. The van der Waals surface area contributed by atoms with Crippen molar-refractivity contribution < 1.29 is 5.11 Å². The molecule has 0 amide bonds. The van der Waals surface area contributed by atoms with Gasteiger partial charge in [0.1, 0.15) is 12.4 Å². The highest BCUT2D eigenvalue weighted by atomic mass is 16.3. The fourth-order valence-electron chi connectivity index (χ4n) is 3.94. The number of aromatic nitrogens is 2. The molecule has 2 aromatic rings. The molecule has 4 heteroatoms. The summed E-state index contributed by atoms with van der Waals surface area (Å²) >= 11 is 0. The molecule has 0 spiro atoms. The number of hydrogen-bond acceptors (Lipinski definition) is 3. The van der Waals surface area contributed by atoms with E-state index in [-0.39, 0.29) is 6.61 Å². The van der Waals surface area contributed by atoms with Gasteiger partial charge < -0.3 is 14.6 Å². The van der Waals surface area contributed by atoms with Crippen LogP contribution in [-0.2, 0) is 13.2 Å². The Morgan fingerprint density at radius 3 is 2.67 bits per heavy atom. The van der Waals surface area contributed by atoms with Crippen LogP contribution in [0.3, 0.4) is 0 Å². The normalized spacial score (nSPS) is 16.9. The first-order valence-corrected chi connectivity index (χ1v) is 9.59. The molecule has 24 heavy (non-hydrogen) atoms. The maximum Gasteiger partial charge on any atom is 0.135 e. The zero-order chi connectivity index (χ0) is 16.8. The van der Waals surface area contributed by atoms with Crippen LogP contribution in [0.5, 0.6) is 0 Å². The first kappa shape index (κ1) is 17.4. The molecule has 0 saturated carbocycles. The second-order valence-electron chi connectivity index (χ2n) is 7.11. The fourth-order valence-corrected chi connectivity index (χ4v) is 3.94. The standard InChI is InChI=1S/C20H31N3O/c1-2-3-7-17-10-14-22(15-11-17)12-6-13-23-19-9-5-4-8-18(19)21-20(23)16-24/h4-5,8-9,17,24H,2-3,6-7,10-16H2,1H3. The minimum absolute atomic E-state index is 0.0114. The monoisotopic (exact) mass is 329 g/mol. The summed E-state index contributed by atoms with van der Waals surface area (Å²) in [7, 11) is 0. The Kier molecular flexibility index (Phi) is 6.27. The number of benzene rings is 1. The molecule has 1 aromatic heterocycles.